The number of esters is 1. The molecule has 0 saturated carbocycles. The third kappa shape index (κ3) is 6.76. The van der Waals surface area contributed by atoms with E-state index in [1.54, 1.807) is 18.2 Å². The first-order chi connectivity index (χ1) is 18.6. The Kier molecular flexibility index (Phi) is 8.90. The molecule has 0 amide bonds. The summed E-state index contributed by atoms with van der Waals surface area (Å²) < 4.78 is 39.5. The Balaban J connectivity index is 1.61. The lowest BCUT2D eigenvalue weighted by Crippen LogP contribution is -2.43. The van der Waals surface area contributed by atoms with E-state index in [-0.39, 0.29) is 27.7 Å². The van der Waals surface area contributed by atoms with E-state index in [0.29, 0.717) is 23.8 Å². The second-order valence-corrected chi connectivity index (χ2v) is 11.6. The molecule has 1 unspecified atom stereocenters. The molecule has 0 aliphatic rings. The van der Waals surface area contributed by atoms with Gasteiger partial charge in [0.1, 0.15) is 11.6 Å². The van der Waals surface area contributed by atoms with Crippen LogP contribution in [0.3, 0.4) is 0 Å². The zero-order valence-corrected chi connectivity index (χ0v) is 23.6. The molecule has 4 aromatic rings. The van der Waals surface area contributed by atoms with E-state index in [2.05, 4.69) is 4.72 Å². The van der Waals surface area contributed by atoms with E-state index in [1.807, 2.05) is 51.1 Å². The van der Waals surface area contributed by atoms with E-state index in [1.165, 1.54) is 18.2 Å². The van der Waals surface area contributed by atoms with Crippen molar-refractivity contribution in [3.63, 3.8) is 0 Å². The minimum Gasteiger partial charge on any atom is -0.424 e. The van der Waals surface area contributed by atoms with Gasteiger partial charge in [-0.2, -0.15) is 4.72 Å². The number of halogens is 1. The van der Waals surface area contributed by atoms with E-state index in [4.69, 9.17) is 20.8 Å². The van der Waals surface area contributed by atoms with Crippen molar-refractivity contribution in [2.24, 2.45) is 0 Å². The Morgan fingerprint density at radius 2 is 1.74 bits per heavy atom. The number of sulfonamides is 1. The van der Waals surface area contributed by atoms with Crippen LogP contribution in [0.15, 0.2) is 80.8 Å². The molecule has 0 spiro atoms. The molecule has 7 nitrogen and oxygen atoms in total. The maximum absolute atomic E-state index is 13.2. The van der Waals surface area contributed by atoms with Crippen LogP contribution in [0.1, 0.15) is 48.4 Å². The highest BCUT2D eigenvalue weighted by molar-refractivity contribution is 7.89. The average molecular weight is 568 g/mol. The average Bonchev–Trinajstić information content (AvgIpc) is 2.91. The van der Waals surface area contributed by atoms with Gasteiger partial charge in [0.25, 0.3) is 0 Å². The van der Waals surface area contributed by atoms with E-state index >= 15 is 0 Å². The van der Waals surface area contributed by atoms with Crippen LogP contribution in [0.5, 0.6) is 5.75 Å². The molecule has 0 aliphatic heterocycles. The molecular formula is C30H30ClNO6S. The summed E-state index contributed by atoms with van der Waals surface area (Å²) in [5.41, 5.74) is 2.84. The monoisotopic (exact) mass is 567 g/mol. The lowest BCUT2D eigenvalue weighted by atomic mass is 9.99. The van der Waals surface area contributed by atoms with Crippen LogP contribution in [0.4, 0.5) is 0 Å². The molecule has 0 bridgehead atoms. The maximum atomic E-state index is 13.2. The number of unbranched alkanes of at least 4 members (excludes halogenated alkanes) is 1. The van der Waals surface area contributed by atoms with Gasteiger partial charge in [0.2, 0.25) is 10.0 Å². The zero-order chi connectivity index (χ0) is 28.2. The van der Waals surface area contributed by atoms with Gasteiger partial charge in [-0.25, -0.2) is 18.0 Å². The summed E-state index contributed by atoms with van der Waals surface area (Å²) in [5, 5.41) is 0.752. The van der Waals surface area contributed by atoms with E-state index in [9.17, 15) is 18.0 Å². The molecule has 4 rings (SSSR count). The number of ether oxygens (including phenoxy) is 1. The Bertz CT molecular complexity index is 1650. The Morgan fingerprint density at radius 1 is 1.05 bits per heavy atom. The fourth-order valence-electron chi connectivity index (χ4n) is 4.26. The predicted molar refractivity (Wildman–Crippen MR) is 152 cm³/mol. The predicted octanol–water partition coefficient (Wildman–Crippen LogP) is 6.10. The van der Waals surface area contributed by atoms with Gasteiger partial charge in [-0.15, -0.1) is 0 Å². The quantitative estimate of drug-likeness (QED) is 0.141. The highest BCUT2D eigenvalue weighted by atomic mass is 35.5. The summed E-state index contributed by atoms with van der Waals surface area (Å²) >= 11 is 6.49. The van der Waals surface area contributed by atoms with Gasteiger partial charge < -0.3 is 9.15 Å². The number of rotatable bonds is 10. The van der Waals surface area contributed by atoms with E-state index < -0.39 is 27.7 Å². The first-order valence-corrected chi connectivity index (χ1v) is 14.6. The fourth-order valence-corrected chi connectivity index (χ4v) is 5.68. The highest BCUT2D eigenvalue weighted by Gasteiger charge is 2.28. The molecule has 204 valence electrons. The lowest BCUT2D eigenvalue weighted by molar-refractivity contribution is -0.136. The second kappa shape index (κ2) is 12.2. The van der Waals surface area contributed by atoms with Gasteiger partial charge in [-0.3, -0.25) is 0 Å². The summed E-state index contributed by atoms with van der Waals surface area (Å²) in [6.45, 7) is 5.61. The van der Waals surface area contributed by atoms with Gasteiger partial charge in [-0.05, 0) is 49.6 Å². The van der Waals surface area contributed by atoms with Crippen molar-refractivity contribution in [2.75, 3.05) is 0 Å². The molecule has 1 aromatic heterocycles. The maximum Gasteiger partial charge on any atom is 0.340 e. The molecule has 1 N–H and O–H groups in total. The standard InChI is InChI=1S/C30H30ClNO6S/c1-4-5-11-26(32-39(35,36)22-14-12-19(2)13-15-22)30(34)38-28-18-27-23(17-25(28)31)20(3)24(29(33)37-27)16-21-9-7-6-8-10-21/h6-10,12-15,17-18,26,32H,4-5,11,16H2,1-3H3. The summed E-state index contributed by atoms with van der Waals surface area (Å²) in [6, 6.07) is 17.7. The third-order valence-corrected chi connectivity index (χ3v) is 8.32. The van der Waals surface area contributed by atoms with Crippen molar-refractivity contribution in [2.45, 2.75) is 57.4 Å². The molecule has 0 aliphatic carbocycles. The van der Waals surface area contributed by atoms with Crippen LogP contribution in [-0.4, -0.2) is 20.4 Å². The second-order valence-electron chi connectivity index (χ2n) is 9.48. The normalized spacial score (nSPS) is 12.4. The minimum atomic E-state index is -3.97. The first-order valence-electron chi connectivity index (χ1n) is 12.7. The Hall–Kier alpha value is -3.46. The van der Waals surface area contributed by atoms with Gasteiger partial charge in [0, 0.05) is 23.4 Å². The minimum absolute atomic E-state index is 0.0245. The number of nitrogens with one attached hydrogen (secondary N) is 1. The van der Waals surface area contributed by atoms with Gasteiger partial charge in [-0.1, -0.05) is 79.4 Å². The number of aryl methyl sites for hydroxylation is 2. The molecule has 0 fully saturated rings. The van der Waals surface area contributed by atoms with Crippen molar-refractivity contribution in [1.82, 2.24) is 4.72 Å². The topological polar surface area (TPSA) is 103 Å². The number of benzene rings is 3. The molecule has 0 radical (unpaired) electrons. The SMILES string of the molecule is CCCCC(NS(=O)(=O)c1ccc(C)cc1)C(=O)Oc1cc2oc(=O)c(Cc3ccccc3)c(C)c2cc1Cl. The highest BCUT2D eigenvalue weighted by Crippen LogP contribution is 2.33. The van der Waals surface area contributed by atoms with Crippen molar-refractivity contribution in [1.29, 1.82) is 0 Å². The lowest BCUT2D eigenvalue weighted by Gasteiger charge is -2.18. The van der Waals surface area contributed by atoms with Crippen LogP contribution in [0, 0.1) is 13.8 Å². The van der Waals surface area contributed by atoms with Crippen LogP contribution >= 0.6 is 11.6 Å². The number of hydrogen-bond acceptors (Lipinski definition) is 6. The zero-order valence-electron chi connectivity index (χ0n) is 22.0. The molecule has 9 heteroatoms. The summed E-state index contributed by atoms with van der Waals surface area (Å²) in [7, 11) is -3.97. The van der Waals surface area contributed by atoms with Crippen molar-refractivity contribution >= 4 is 38.6 Å². The number of carbonyl (C=O) groups is 1. The number of hydrogen-bond donors (Lipinski definition) is 1. The van der Waals surface area contributed by atoms with E-state index in [0.717, 1.165) is 23.1 Å². The largest absolute Gasteiger partial charge is 0.424 e. The smallest absolute Gasteiger partial charge is 0.340 e. The summed E-state index contributed by atoms with van der Waals surface area (Å²) in [4.78, 5) is 26.0. The number of carbonyl (C=O) groups excluding carboxylic acids is 1. The molecular weight excluding hydrogens is 538 g/mol. The van der Waals surface area contributed by atoms with Crippen LogP contribution in [-0.2, 0) is 21.2 Å². The fraction of sp³-hybridized carbons (Fsp3) is 0.267. The van der Waals surface area contributed by atoms with Gasteiger partial charge in [0.15, 0.2) is 5.75 Å². The third-order valence-electron chi connectivity index (χ3n) is 6.53. The summed E-state index contributed by atoms with van der Waals surface area (Å²) in [5.74, 6) is -0.830. The van der Waals surface area contributed by atoms with Crippen LogP contribution < -0.4 is 15.1 Å². The molecule has 39 heavy (non-hydrogen) atoms. The van der Waals surface area contributed by atoms with Crippen LogP contribution in [0.2, 0.25) is 5.02 Å². The molecule has 0 saturated heterocycles. The van der Waals surface area contributed by atoms with Crippen molar-refractivity contribution in [3.05, 3.63) is 104 Å². The Labute approximate surface area is 232 Å². The van der Waals surface area contributed by atoms with Crippen LogP contribution in [0.25, 0.3) is 11.0 Å². The number of fused-ring (bicyclic) bond motifs is 1. The van der Waals surface area contributed by atoms with Crippen molar-refractivity contribution in [3.8, 4) is 5.75 Å². The van der Waals surface area contributed by atoms with Gasteiger partial charge >= 0.3 is 11.6 Å². The summed E-state index contributed by atoms with van der Waals surface area (Å²) in [6.07, 6.45) is 1.99. The molecule has 1 atom stereocenters. The molecule has 3 aromatic carbocycles. The first kappa shape index (κ1) is 28.5. The van der Waals surface area contributed by atoms with Crippen molar-refractivity contribution < 1.29 is 22.4 Å². The Morgan fingerprint density at radius 3 is 2.41 bits per heavy atom. The molecule has 1 heterocycles. The van der Waals surface area contributed by atoms with Gasteiger partial charge in [0.05, 0.1) is 9.92 Å².